The van der Waals surface area contributed by atoms with Gasteiger partial charge in [-0.05, 0) is 18.4 Å². The number of carbonyl (C=O) groups excluding carboxylic acids is 2. The molecule has 2 N–H and O–H groups in total. The number of nitrogens with zero attached hydrogens (tertiary/aromatic N) is 3. The van der Waals surface area contributed by atoms with Gasteiger partial charge in [0.05, 0.1) is 30.8 Å². The standard InChI is InChI=1S/C19H22N4O3.CH2O2/c24-17(12-22-8-9-26-19(22)25)23-10-15(18-16(11-23)20-13-21-18)7-6-14-4-2-1-3-5-14;2-1-3/h1-5,13,15H,6-12H2,(H,20,21);1H,(H,2,3). The number of amides is 2. The van der Waals surface area contributed by atoms with Crippen molar-refractivity contribution in [1.29, 1.82) is 0 Å². The Labute approximate surface area is 168 Å². The van der Waals surface area contributed by atoms with Crippen LogP contribution in [0.25, 0.3) is 0 Å². The van der Waals surface area contributed by atoms with Crippen LogP contribution in [-0.4, -0.2) is 69.6 Å². The van der Waals surface area contributed by atoms with Gasteiger partial charge in [-0.1, -0.05) is 30.3 Å². The summed E-state index contributed by atoms with van der Waals surface area (Å²) in [7, 11) is 0. The molecule has 0 bridgehead atoms. The average molecular weight is 400 g/mol. The predicted octanol–water partition coefficient (Wildman–Crippen LogP) is 1.62. The van der Waals surface area contributed by atoms with Crippen LogP contribution in [0.2, 0.25) is 0 Å². The summed E-state index contributed by atoms with van der Waals surface area (Å²) in [6.45, 7) is 1.81. The Morgan fingerprint density at radius 1 is 1.34 bits per heavy atom. The number of carboxylic acid groups (broad SMARTS) is 1. The third-order valence-electron chi connectivity index (χ3n) is 5.08. The number of imidazole rings is 1. The van der Waals surface area contributed by atoms with Crippen LogP contribution in [0.4, 0.5) is 4.79 Å². The second-order valence-corrected chi connectivity index (χ2v) is 6.90. The van der Waals surface area contributed by atoms with E-state index in [1.165, 1.54) is 10.5 Å². The third kappa shape index (κ3) is 5.13. The number of rotatable bonds is 5. The molecule has 0 spiro atoms. The fourth-order valence-corrected chi connectivity index (χ4v) is 3.65. The molecule has 1 aromatic carbocycles. The quantitative estimate of drug-likeness (QED) is 0.737. The molecule has 3 heterocycles. The molecule has 0 saturated carbocycles. The van der Waals surface area contributed by atoms with E-state index in [0.29, 0.717) is 26.2 Å². The van der Waals surface area contributed by atoms with Gasteiger partial charge < -0.3 is 19.7 Å². The van der Waals surface area contributed by atoms with E-state index < -0.39 is 6.09 Å². The minimum atomic E-state index is -0.404. The Balaban J connectivity index is 0.000000755. The zero-order valence-electron chi connectivity index (χ0n) is 16.0. The first kappa shape index (κ1) is 20.4. The number of aromatic amines is 1. The maximum Gasteiger partial charge on any atom is 0.410 e. The molecule has 1 aromatic heterocycles. The first-order chi connectivity index (χ1) is 14.1. The summed E-state index contributed by atoms with van der Waals surface area (Å²) in [4.78, 5) is 43.6. The van der Waals surface area contributed by atoms with E-state index >= 15 is 0 Å². The van der Waals surface area contributed by atoms with E-state index in [-0.39, 0.29) is 24.8 Å². The van der Waals surface area contributed by atoms with E-state index in [1.807, 2.05) is 23.1 Å². The highest BCUT2D eigenvalue weighted by atomic mass is 16.6. The SMILES string of the molecule is O=C(CN1CCOC1=O)N1Cc2[nH]cnc2C(CCc2ccccc2)C1.O=CO. The first-order valence-electron chi connectivity index (χ1n) is 9.45. The van der Waals surface area contributed by atoms with Gasteiger partial charge in [-0.3, -0.25) is 14.5 Å². The number of ether oxygens (including phenoxy) is 1. The number of cyclic esters (lactones) is 1. The van der Waals surface area contributed by atoms with Crippen molar-refractivity contribution in [1.82, 2.24) is 19.8 Å². The molecule has 9 heteroatoms. The number of benzene rings is 1. The molecule has 29 heavy (non-hydrogen) atoms. The summed E-state index contributed by atoms with van der Waals surface area (Å²) < 4.78 is 4.91. The lowest BCUT2D eigenvalue weighted by atomic mass is 9.92. The molecule has 2 aliphatic heterocycles. The highest BCUT2D eigenvalue weighted by Gasteiger charge is 2.32. The van der Waals surface area contributed by atoms with Crippen molar-refractivity contribution < 1.29 is 24.2 Å². The van der Waals surface area contributed by atoms with Crippen LogP contribution in [0.3, 0.4) is 0 Å². The minimum Gasteiger partial charge on any atom is -0.483 e. The van der Waals surface area contributed by atoms with Crippen LogP contribution in [0.15, 0.2) is 36.7 Å². The summed E-state index contributed by atoms with van der Waals surface area (Å²) in [6.07, 6.45) is 3.17. The Bertz CT molecular complexity index is 838. The molecule has 1 unspecified atom stereocenters. The summed E-state index contributed by atoms with van der Waals surface area (Å²) in [5.74, 6) is 0.147. The van der Waals surface area contributed by atoms with Crippen LogP contribution in [0.1, 0.15) is 29.3 Å². The smallest absolute Gasteiger partial charge is 0.410 e. The Morgan fingerprint density at radius 2 is 2.10 bits per heavy atom. The predicted molar refractivity (Wildman–Crippen MR) is 103 cm³/mol. The van der Waals surface area contributed by atoms with Crippen molar-refractivity contribution >= 4 is 18.5 Å². The van der Waals surface area contributed by atoms with Crippen LogP contribution in [0, 0.1) is 0 Å². The lowest BCUT2D eigenvalue weighted by molar-refractivity contribution is -0.133. The topological polar surface area (TPSA) is 116 Å². The normalized spacial score (nSPS) is 17.8. The van der Waals surface area contributed by atoms with Crippen LogP contribution >= 0.6 is 0 Å². The Morgan fingerprint density at radius 3 is 2.79 bits per heavy atom. The van der Waals surface area contributed by atoms with E-state index in [9.17, 15) is 9.59 Å². The fourth-order valence-electron chi connectivity index (χ4n) is 3.65. The lowest BCUT2D eigenvalue weighted by Crippen LogP contribution is -2.44. The molecule has 2 aliphatic rings. The number of hydrogen-bond donors (Lipinski definition) is 2. The minimum absolute atomic E-state index is 0.0474. The molecule has 154 valence electrons. The zero-order valence-corrected chi connectivity index (χ0v) is 16.0. The van der Waals surface area contributed by atoms with Crippen LogP contribution < -0.4 is 0 Å². The number of carbonyl (C=O) groups is 3. The van der Waals surface area contributed by atoms with Gasteiger partial charge in [0.25, 0.3) is 6.47 Å². The molecule has 1 fully saturated rings. The number of hydrogen-bond acceptors (Lipinski definition) is 5. The molecule has 0 aliphatic carbocycles. The van der Waals surface area contributed by atoms with E-state index in [1.54, 1.807) is 6.33 Å². The number of aryl methyl sites for hydroxylation is 1. The molecule has 1 atom stereocenters. The van der Waals surface area contributed by atoms with Gasteiger partial charge in [0.1, 0.15) is 13.2 Å². The third-order valence-corrected chi connectivity index (χ3v) is 5.08. The second kappa shape index (κ2) is 9.72. The first-order valence-corrected chi connectivity index (χ1v) is 9.45. The van der Waals surface area contributed by atoms with E-state index in [0.717, 1.165) is 24.2 Å². The van der Waals surface area contributed by atoms with Crippen LogP contribution in [0.5, 0.6) is 0 Å². The molecule has 0 radical (unpaired) electrons. The highest BCUT2D eigenvalue weighted by molar-refractivity contribution is 5.83. The van der Waals surface area contributed by atoms with Crippen molar-refractivity contribution in [3.05, 3.63) is 53.6 Å². The number of nitrogens with one attached hydrogen (secondary N) is 1. The lowest BCUT2D eigenvalue weighted by Gasteiger charge is -2.33. The van der Waals surface area contributed by atoms with Gasteiger partial charge in [0.2, 0.25) is 5.91 Å². The molecule has 1 saturated heterocycles. The second-order valence-electron chi connectivity index (χ2n) is 6.90. The van der Waals surface area contributed by atoms with Crippen molar-refractivity contribution in [2.45, 2.75) is 25.3 Å². The summed E-state index contributed by atoms with van der Waals surface area (Å²) in [5.41, 5.74) is 3.34. The van der Waals surface area contributed by atoms with Gasteiger partial charge in [0, 0.05) is 12.5 Å². The maximum atomic E-state index is 12.7. The summed E-state index contributed by atoms with van der Waals surface area (Å²) in [6, 6.07) is 10.3. The van der Waals surface area contributed by atoms with Crippen molar-refractivity contribution in [2.24, 2.45) is 0 Å². The van der Waals surface area contributed by atoms with Gasteiger partial charge >= 0.3 is 6.09 Å². The Kier molecular flexibility index (Phi) is 6.83. The zero-order chi connectivity index (χ0) is 20.6. The molecule has 4 rings (SSSR count). The van der Waals surface area contributed by atoms with Crippen LogP contribution in [-0.2, 0) is 27.3 Å². The fraction of sp³-hybridized carbons (Fsp3) is 0.400. The number of H-pyrrole nitrogens is 1. The van der Waals surface area contributed by atoms with Crippen molar-refractivity contribution in [3.8, 4) is 0 Å². The monoisotopic (exact) mass is 400 g/mol. The summed E-state index contributed by atoms with van der Waals surface area (Å²) >= 11 is 0. The highest BCUT2D eigenvalue weighted by Crippen LogP contribution is 2.29. The van der Waals surface area contributed by atoms with Gasteiger partial charge in [0.15, 0.2) is 0 Å². The van der Waals surface area contributed by atoms with E-state index in [2.05, 4.69) is 22.1 Å². The van der Waals surface area contributed by atoms with Gasteiger partial charge in [-0.15, -0.1) is 0 Å². The van der Waals surface area contributed by atoms with Gasteiger partial charge in [-0.25, -0.2) is 9.78 Å². The molecule has 2 amide bonds. The number of fused-ring (bicyclic) bond motifs is 1. The van der Waals surface area contributed by atoms with Crippen molar-refractivity contribution in [3.63, 3.8) is 0 Å². The molecular weight excluding hydrogens is 376 g/mol. The Hall–Kier alpha value is -3.36. The van der Waals surface area contributed by atoms with Gasteiger partial charge in [-0.2, -0.15) is 0 Å². The summed E-state index contributed by atoms with van der Waals surface area (Å²) in [5, 5.41) is 6.89. The molecular formula is C20H24N4O5. The van der Waals surface area contributed by atoms with E-state index in [4.69, 9.17) is 14.6 Å². The maximum absolute atomic E-state index is 12.7. The number of aromatic nitrogens is 2. The van der Waals surface area contributed by atoms with Crippen molar-refractivity contribution in [2.75, 3.05) is 26.2 Å². The molecule has 2 aromatic rings. The average Bonchev–Trinajstić information content (AvgIpc) is 3.36. The molecule has 9 nitrogen and oxygen atoms in total. The largest absolute Gasteiger partial charge is 0.483 e.